The topological polar surface area (TPSA) is 95.3 Å². The Kier molecular flexibility index (Phi) is 5.62. The molecule has 0 atom stereocenters. The molecule has 29 heavy (non-hydrogen) atoms. The first-order valence-electron chi connectivity index (χ1n) is 9.11. The van der Waals surface area contributed by atoms with Crippen LogP contribution in [0.4, 0.5) is 10.5 Å². The van der Waals surface area contributed by atoms with Gasteiger partial charge in [0.25, 0.3) is 0 Å². The summed E-state index contributed by atoms with van der Waals surface area (Å²) >= 11 is 1.39. The molecule has 7 nitrogen and oxygen atoms in total. The van der Waals surface area contributed by atoms with E-state index in [-0.39, 0.29) is 0 Å². The van der Waals surface area contributed by atoms with Crippen LogP contribution in [-0.4, -0.2) is 22.2 Å². The maximum absolute atomic E-state index is 12.0. The van der Waals surface area contributed by atoms with Gasteiger partial charge < -0.3 is 14.7 Å². The van der Waals surface area contributed by atoms with Gasteiger partial charge in [0.15, 0.2) is 10.2 Å². The molecule has 2 aromatic carbocycles. The van der Waals surface area contributed by atoms with Crippen LogP contribution in [0.3, 0.4) is 0 Å². The van der Waals surface area contributed by atoms with Gasteiger partial charge in [-0.25, -0.2) is 15.2 Å². The van der Waals surface area contributed by atoms with Crippen molar-refractivity contribution in [1.82, 2.24) is 15.4 Å². The zero-order chi connectivity index (χ0) is 20.1. The molecule has 3 N–H and O–H groups in total. The summed E-state index contributed by atoms with van der Waals surface area (Å²) in [6, 6.07) is 18.7. The molecule has 2 heterocycles. The van der Waals surface area contributed by atoms with Crippen molar-refractivity contribution >= 4 is 40.7 Å². The highest BCUT2D eigenvalue weighted by molar-refractivity contribution is 7.99. The number of aromatic nitrogens is 2. The number of aromatic amines is 1. The number of anilines is 1. The third-order valence-electron chi connectivity index (χ3n) is 4.17. The molecular formula is C21H19N5O2S. The summed E-state index contributed by atoms with van der Waals surface area (Å²) in [5.41, 5.74) is 6.15. The maximum atomic E-state index is 12.0. The van der Waals surface area contributed by atoms with Crippen molar-refractivity contribution in [3.05, 3.63) is 72.0 Å². The molecule has 0 spiro atoms. The van der Waals surface area contributed by atoms with Gasteiger partial charge in [0, 0.05) is 5.69 Å². The van der Waals surface area contributed by atoms with Crippen molar-refractivity contribution in [2.75, 3.05) is 5.32 Å². The number of fused-ring (bicyclic) bond motifs is 1. The number of furan rings is 1. The van der Waals surface area contributed by atoms with Gasteiger partial charge in [0.05, 0.1) is 17.2 Å². The molecule has 4 rings (SSSR count). The first kappa shape index (κ1) is 18.8. The molecule has 0 aliphatic carbocycles. The number of aryl methyl sites for hydroxylation is 1. The molecular weight excluding hydrogens is 386 g/mol. The van der Waals surface area contributed by atoms with E-state index in [9.17, 15) is 4.79 Å². The second kappa shape index (κ2) is 8.66. The summed E-state index contributed by atoms with van der Waals surface area (Å²) in [6.07, 6.45) is 2.28. The summed E-state index contributed by atoms with van der Waals surface area (Å²) < 4.78 is 5.70. The zero-order valence-electron chi connectivity index (χ0n) is 15.7. The molecule has 4 aromatic rings. The minimum Gasteiger partial charge on any atom is -0.448 e. The van der Waals surface area contributed by atoms with Gasteiger partial charge in [0.2, 0.25) is 0 Å². The van der Waals surface area contributed by atoms with Gasteiger partial charge in [-0.3, -0.25) is 0 Å². The average molecular weight is 405 g/mol. The number of benzene rings is 2. The van der Waals surface area contributed by atoms with Crippen molar-refractivity contribution < 1.29 is 9.21 Å². The molecule has 0 aliphatic heterocycles. The molecule has 8 heteroatoms. The Hall–Kier alpha value is -3.52. The number of hydrogen-bond donors (Lipinski definition) is 3. The van der Waals surface area contributed by atoms with Crippen LogP contribution >= 0.6 is 11.8 Å². The minimum absolute atomic E-state index is 0.411. The second-order valence-corrected chi connectivity index (χ2v) is 7.15. The fraction of sp³-hybridized carbons (Fsp3) is 0.0952. The number of hydrogen-bond acceptors (Lipinski definition) is 5. The SMILES string of the molecule is CCc1ccccc1NC(=O)N/N=C/c1ccc(Sc2nc3ccccc3[nH]2)o1. The lowest BCUT2D eigenvalue weighted by atomic mass is 10.1. The molecule has 0 aliphatic rings. The van der Waals surface area contributed by atoms with Crippen molar-refractivity contribution in [3.63, 3.8) is 0 Å². The summed E-state index contributed by atoms with van der Waals surface area (Å²) in [5, 5.41) is 8.14. The third-order valence-corrected chi connectivity index (χ3v) is 4.98. The normalized spacial score (nSPS) is 11.2. The van der Waals surface area contributed by atoms with Crippen molar-refractivity contribution in [2.45, 2.75) is 23.6 Å². The van der Waals surface area contributed by atoms with E-state index in [0.717, 1.165) is 33.9 Å². The van der Waals surface area contributed by atoms with Gasteiger partial charge in [-0.05, 0) is 54.1 Å². The number of imidazole rings is 1. The monoisotopic (exact) mass is 405 g/mol. The molecule has 2 amide bonds. The highest BCUT2D eigenvalue weighted by Crippen LogP contribution is 2.28. The van der Waals surface area contributed by atoms with E-state index < -0.39 is 6.03 Å². The van der Waals surface area contributed by atoms with Gasteiger partial charge in [-0.15, -0.1) is 0 Å². The van der Waals surface area contributed by atoms with Crippen LogP contribution < -0.4 is 10.7 Å². The van der Waals surface area contributed by atoms with E-state index in [0.29, 0.717) is 10.9 Å². The third kappa shape index (κ3) is 4.67. The smallest absolute Gasteiger partial charge is 0.339 e. The minimum atomic E-state index is -0.411. The quantitative estimate of drug-likeness (QED) is 0.310. The fourth-order valence-electron chi connectivity index (χ4n) is 2.79. The maximum Gasteiger partial charge on any atom is 0.339 e. The van der Waals surface area contributed by atoms with Crippen LogP contribution in [0, 0.1) is 0 Å². The fourth-order valence-corrected chi connectivity index (χ4v) is 3.56. The van der Waals surface area contributed by atoms with E-state index in [2.05, 4.69) is 25.8 Å². The van der Waals surface area contributed by atoms with E-state index in [4.69, 9.17) is 4.42 Å². The van der Waals surface area contributed by atoms with Crippen LogP contribution in [0.2, 0.25) is 0 Å². The number of rotatable bonds is 6. The molecule has 0 unspecified atom stereocenters. The summed E-state index contributed by atoms with van der Waals surface area (Å²) in [4.78, 5) is 19.8. The Morgan fingerprint density at radius 2 is 2.00 bits per heavy atom. The standard InChI is InChI=1S/C21H19N5O2S/c1-2-14-7-3-4-8-16(14)23-20(27)26-22-13-15-11-12-19(28-15)29-21-24-17-9-5-6-10-18(17)25-21/h3-13H,2H2,1H3,(H,24,25)(H2,23,26,27)/b22-13+. The zero-order valence-corrected chi connectivity index (χ0v) is 16.5. The van der Waals surface area contributed by atoms with Gasteiger partial charge >= 0.3 is 6.03 Å². The molecule has 0 saturated heterocycles. The van der Waals surface area contributed by atoms with E-state index >= 15 is 0 Å². The van der Waals surface area contributed by atoms with E-state index in [1.807, 2.05) is 61.5 Å². The molecule has 0 saturated carbocycles. The molecule has 2 aromatic heterocycles. The predicted octanol–water partition coefficient (Wildman–Crippen LogP) is 5.03. The Labute approximate surface area is 171 Å². The summed E-state index contributed by atoms with van der Waals surface area (Å²) in [6.45, 7) is 2.04. The number of urea groups is 1. The average Bonchev–Trinajstić information content (AvgIpc) is 3.34. The lowest BCUT2D eigenvalue weighted by Crippen LogP contribution is -2.24. The lowest BCUT2D eigenvalue weighted by molar-refractivity contribution is 0.252. The number of hydrazone groups is 1. The number of amides is 2. The van der Waals surface area contributed by atoms with E-state index in [1.165, 1.54) is 18.0 Å². The lowest BCUT2D eigenvalue weighted by Gasteiger charge is -2.08. The van der Waals surface area contributed by atoms with Crippen LogP contribution in [0.5, 0.6) is 0 Å². The summed E-state index contributed by atoms with van der Waals surface area (Å²) in [5.74, 6) is 0.526. The van der Waals surface area contributed by atoms with Gasteiger partial charge in [0.1, 0.15) is 5.76 Å². The van der Waals surface area contributed by atoms with Crippen molar-refractivity contribution in [2.24, 2.45) is 5.10 Å². The number of carbonyl (C=O) groups excluding carboxylic acids is 1. The van der Waals surface area contributed by atoms with Gasteiger partial charge in [-0.1, -0.05) is 37.3 Å². The Balaban J connectivity index is 1.33. The van der Waals surface area contributed by atoms with Crippen molar-refractivity contribution in [3.8, 4) is 0 Å². The number of H-pyrrole nitrogens is 1. The number of nitrogens with one attached hydrogen (secondary N) is 3. The predicted molar refractivity (Wildman–Crippen MR) is 114 cm³/mol. The van der Waals surface area contributed by atoms with E-state index in [1.54, 1.807) is 6.07 Å². The molecule has 0 fully saturated rings. The largest absolute Gasteiger partial charge is 0.448 e. The second-order valence-electron chi connectivity index (χ2n) is 6.15. The summed E-state index contributed by atoms with van der Waals surface area (Å²) in [7, 11) is 0. The first-order chi connectivity index (χ1) is 14.2. The van der Waals surface area contributed by atoms with Gasteiger partial charge in [-0.2, -0.15) is 5.10 Å². The van der Waals surface area contributed by atoms with Crippen LogP contribution in [0.15, 0.2) is 80.4 Å². The van der Waals surface area contributed by atoms with Crippen LogP contribution in [-0.2, 0) is 6.42 Å². The van der Waals surface area contributed by atoms with Crippen LogP contribution in [0.1, 0.15) is 18.2 Å². The highest BCUT2D eigenvalue weighted by atomic mass is 32.2. The Bertz CT molecular complexity index is 1130. The number of carbonyl (C=O) groups is 1. The number of nitrogens with zero attached hydrogens (tertiary/aromatic N) is 2. The first-order valence-corrected chi connectivity index (χ1v) is 9.93. The highest BCUT2D eigenvalue weighted by Gasteiger charge is 2.08. The van der Waals surface area contributed by atoms with Crippen molar-refractivity contribution in [1.29, 1.82) is 0 Å². The molecule has 146 valence electrons. The Morgan fingerprint density at radius 3 is 2.86 bits per heavy atom. The molecule has 0 bridgehead atoms. The molecule has 0 radical (unpaired) electrons. The Morgan fingerprint density at radius 1 is 1.17 bits per heavy atom. The number of para-hydroxylation sites is 3. The van der Waals surface area contributed by atoms with Crippen LogP contribution in [0.25, 0.3) is 11.0 Å².